The molecule has 49 heavy (non-hydrogen) atoms. The van der Waals surface area contributed by atoms with Crippen molar-refractivity contribution in [2.24, 2.45) is 0 Å². The van der Waals surface area contributed by atoms with Crippen molar-refractivity contribution in [3.8, 4) is 0 Å². The van der Waals surface area contributed by atoms with Crippen molar-refractivity contribution in [3.63, 3.8) is 0 Å². The molecule has 0 aromatic heterocycles. The van der Waals surface area contributed by atoms with Crippen molar-refractivity contribution in [1.29, 1.82) is 0 Å². The van der Waals surface area contributed by atoms with Crippen LogP contribution in [0, 0.1) is 0 Å². The number of imide groups is 2. The van der Waals surface area contributed by atoms with Crippen LogP contribution in [0.3, 0.4) is 0 Å². The number of carbonyl (C=O) groups is 4. The molecule has 0 saturated carbocycles. The molecule has 0 radical (unpaired) electrons. The summed E-state index contributed by atoms with van der Waals surface area (Å²) < 4.78 is 0. The smallest absolute Gasteiger partial charge is 0.247 e. The van der Waals surface area contributed by atoms with Crippen LogP contribution >= 0.6 is 35.3 Å². The molecule has 0 aliphatic carbocycles. The molecule has 0 bridgehead atoms. The van der Waals surface area contributed by atoms with Crippen LogP contribution in [0.4, 0.5) is 11.4 Å². The molecule has 6 aromatic carbocycles. The molecular weight excluding hydrogens is 669 g/mol. The number of carbonyl (C=O) groups excluding carboxylic acids is 4. The Labute approximate surface area is 295 Å². The van der Waals surface area contributed by atoms with E-state index in [-0.39, 0.29) is 36.5 Å². The normalized spacial score (nSPS) is 18.0. The van der Waals surface area contributed by atoms with Crippen LogP contribution < -0.4 is 9.80 Å². The van der Waals surface area contributed by atoms with Crippen LogP contribution in [0.5, 0.6) is 0 Å². The average Bonchev–Trinajstić information content (AvgIpc) is 3.56. The maximum Gasteiger partial charge on any atom is 0.247 e. The fourth-order valence-corrected chi connectivity index (χ4v) is 9.38. The highest BCUT2D eigenvalue weighted by Gasteiger charge is 2.41. The topological polar surface area (TPSA) is 74.8 Å². The summed E-state index contributed by atoms with van der Waals surface area (Å²) in [5.74, 6) is -0.823. The second kappa shape index (κ2) is 13.2. The predicted octanol–water partition coefficient (Wildman–Crippen LogP) is 8.99. The van der Waals surface area contributed by atoms with Crippen LogP contribution in [0.2, 0.25) is 0 Å². The molecule has 9 heteroatoms. The SMILES string of the molecule is O=C1C[C@H](Sc2ccc3ccccc3c2)C(=O)N1c1ccc(Sc2ccc(N3C(=O)C[C@H](Sc4cccc5ccccc45)C3=O)cc2)cc1. The average molecular weight is 697 g/mol. The molecule has 2 fully saturated rings. The van der Waals surface area contributed by atoms with E-state index in [4.69, 9.17) is 0 Å². The summed E-state index contributed by atoms with van der Waals surface area (Å²) in [5.41, 5.74) is 1.11. The first-order valence-corrected chi connectivity index (χ1v) is 18.4. The van der Waals surface area contributed by atoms with Gasteiger partial charge in [-0.2, -0.15) is 0 Å². The van der Waals surface area contributed by atoms with Crippen LogP contribution in [-0.4, -0.2) is 34.1 Å². The van der Waals surface area contributed by atoms with Crippen molar-refractivity contribution in [2.45, 2.75) is 42.9 Å². The van der Waals surface area contributed by atoms with Crippen LogP contribution in [-0.2, 0) is 19.2 Å². The fourth-order valence-electron chi connectivity index (χ4n) is 6.25. The van der Waals surface area contributed by atoms with Gasteiger partial charge in [0.2, 0.25) is 23.6 Å². The first-order valence-electron chi connectivity index (χ1n) is 15.8. The van der Waals surface area contributed by atoms with E-state index in [0.29, 0.717) is 11.4 Å². The summed E-state index contributed by atoms with van der Waals surface area (Å²) >= 11 is 4.39. The number of rotatable bonds is 8. The zero-order valence-electron chi connectivity index (χ0n) is 26.0. The molecule has 2 aliphatic heterocycles. The Balaban J connectivity index is 0.907. The lowest BCUT2D eigenvalue weighted by molar-refractivity contribution is -0.122. The molecule has 2 heterocycles. The highest BCUT2D eigenvalue weighted by Crippen LogP contribution is 2.39. The second-order valence-corrected chi connectivity index (χ2v) is 15.5. The van der Waals surface area contributed by atoms with Gasteiger partial charge in [-0.1, -0.05) is 78.5 Å². The maximum absolute atomic E-state index is 13.4. The van der Waals surface area contributed by atoms with Gasteiger partial charge in [0, 0.05) is 32.4 Å². The Morgan fingerprint density at radius 1 is 0.469 bits per heavy atom. The number of fused-ring (bicyclic) bond motifs is 2. The van der Waals surface area contributed by atoms with Gasteiger partial charge in [0.1, 0.15) is 0 Å². The Morgan fingerprint density at radius 2 is 0.980 bits per heavy atom. The van der Waals surface area contributed by atoms with E-state index >= 15 is 0 Å². The predicted molar refractivity (Wildman–Crippen MR) is 198 cm³/mol. The van der Waals surface area contributed by atoms with Crippen molar-refractivity contribution < 1.29 is 19.2 Å². The van der Waals surface area contributed by atoms with E-state index in [1.807, 2.05) is 103 Å². The van der Waals surface area contributed by atoms with E-state index in [1.165, 1.54) is 45.1 Å². The van der Waals surface area contributed by atoms with Gasteiger partial charge < -0.3 is 0 Å². The Morgan fingerprint density at radius 3 is 1.61 bits per heavy atom. The Kier molecular flexibility index (Phi) is 8.49. The van der Waals surface area contributed by atoms with Gasteiger partial charge in [0.05, 0.1) is 21.9 Å². The number of hydrogen-bond acceptors (Lipinski definition) is 7. The van der Waals surface area contributed by atoms with Crippen molar-refractivity contribution in [1.82, 2.24) is 0 Å². The number of anilines is 2. The Bertz CT molecular complexity index is 2270. The third-order valence-electron chi connectivity index (χ3n) is 8.65. The van der Waals surface area contributed by atoms with E-state index in [0.717, 1.165) is 41.1 Å². The van der Waals surface area contributed by atoms with Gasteiger partial charge in [-0.05, 0) is 88.3 Å². The molecule has 240 valence electrons. The van der Waals surface area contributed by atoms with Crippen LogP contribution in [0.25, 0.3) is 21.5 Å². The number of nitrogens with zero attached hydrogens (tertiary/aromatic N) is 2. The second-order valence-electron chi connectivity index (χ2n) is 11.8. The number of amides is 4. The zero-order chi connectivity index (χ0) is 33.5. The molecule has 6 aromatic rings. The monoisotopic (exact) mass is 696 g/mol. The summed E-state index contributed by atoms with van der Waals surface area (Å²) in [6, 6.07) is 43.0. The quantitative estimate of drug-likeness (QED) is 0.147. The van der Waals surface area contributed by atoms with Gasteiger partial charge in [-0.15, -0.1) is 23.5 Å². The van der Waals surface area contributed by atoms with Crippen molar-refractivity contribution in [3.05, 3.63) is 133 Å². The van der Waals surface area contributed by atoms with E-state index < -0.39 is 10.5 Å². The summed E-state index contributed by atoms with van der Waals surface area (Å²) in [6.07, 6.45) is 0.310. The molecule has 6 nitrogen and oxygen atoms in total. The molecule has 0 N–H and O–H groups in total. The summed E-state index contributed by atoms with van der Waals surface area (Å²) in [7, 11) is 0. The molecular formula is C40H28N2O4S3. The van der Waals surface area contributed by atoms with E-state index in [2.05, 4.69) is 6.07 Å². The molecule has 2 atom stereocenters. The van der Waals surface area contributed by atoms with Gasteiger partial charge in [-0.25, -0.2) is 9.80 Å². The third-order valence-corrected chi connectivity index (χ3v) is 12.1. The van der Waals surface area contributed by atoms with E-state index in [9.17, 15) is 19.2 Å². The Hall–Kier alpha value is -4.83. The van der Waals surface area contributed by atoms with Crippen LogP contribution in [0.1, 0.15) is 12.8 Å². The molecule has 4 amide bonds. The highest BCUT2D eigenvalue weighted by molar-refractivity contribution is 8.01. The molecule has 0 unspecified atom stereocenters. The number of benzene rings is 6. The van der Waals surface area contributed by atoms with Gasteiger partial charge >= 0.3 is 0 Å². The zero-order valence-corrected chi connectivity index (χ0v) is 28.5. The van der Waals surface area contributed by atoms with Gasteiger partial charge in [-0.3, -0.25) is 19.2 Å². The lowest BCUT2D eigenvalue weighted by atomic mass is 10.1. The van der Waals surface area contributed by atoms with Crippen molar-refractivity contribution >= 4 is 91.8 Å². The maximum atomic E-state index is 13.4. The van der Waals surface area contributed by atoms with E-state index in [1.54, 1.807) is 24.3 Å². The minimum absolute atomic E-state index is 0.153. The van der Waals surface area contributed by atoms with Gasteiger partial charge in [0.15, 0.2) is 0 Å². The summed E-state index contributed by atoms with van der Waals surface area (Å²) in [5, 5.41) is 3.45. The third kappa shape index (κ3) is 6.25. The molecule has 2 aliphatic rings. The summed E-state index contributed by atoms with van der Waals surface area (Å²) in [6.45, 7) is 0. The largest absolute Gasteiger partial charge is 0.274 e. The van der Waals surface area contributed by atoms with Crippen molar-refractivity contribution in [2.75, 3.05) is 9.80 Å². The first-order chi connectivity index (χ1) is 23.9. The molecule has 0 spiro atoms. The number of hydrogen-bond donors (Lipinski definition) is 0. The lowest BCUT2D eigenvalue weighted by Gasteiger charge is -2.16. The number of thioether (sulfide) groups is 2. The summed E-state index contributed by atoms with van der Waals surface area (Å²) in [4.78, 5) is 59.1. The highest BCUT2D eigenvalue weighted by atomic mass is 32.2. The molecule has 2 saturated heterocycles. The fraction of sp³-hybridized carbons (Fsp3) is 0.100. The molecule has 8 rings (SSSR count). The van der Waals surface area contributed by atoms with Gasteiger partial charge in [0.25, 0.3) is 0 Å². The first kappa shape index (κ1) is 31.4. The minimum Gasteiger partial charge on any atom is -0.274 e. The lowest BCUT2D eigenvalue weighted by Crippen LogP contribution is -2.31. The minimum atomic E-state index is -0.479. The van der Waals surface area contributed by atoms with Crippen LogP contribution in [0.15, 0.2) is 153 Å². The standard InChI is InChI=1S/C40H28N2O4S3/c43-37-23-35(48-32-17-12-25-6-1-2-8-27(25)22-32)39(45)41(37)28-13-18-30(19-14-28)47-31-20-15-29(16-21-31)42-38(44)24-36(40(42)46)49-34-11-5-9-26-7-3-4-10-33(26)34/h1-22,35-36H,23-24H2/t35-,36-/m0/s1.